The van der Waals surface area contributed by atoms with E-state index in [2.05, 4.69) is 17.2 Å². The third-order valence-electron chi connectivity index (χ3n) is 9.38. The van der Waals surface area contributed by atoms with Crippen molar-refractivity contribution < 1.29 is 29.0 Å². The number of benzene rings is 1. The minimum Gasteiger partial charge on any atom is -0.479 e. The van der Waals surface area contributed by atoms with E-state index in [0.29, 0.717) is 24.8 Å². The fraction of sp³-hybridized carbons (Fsp3) is 0.588. The lowest BCUT2D eigenvalue weighted by atomic mass is 9.99. The molecule has 2 fully saturated rings. The van der Waals surface area contributed by atoms with Crippen LogP contribution in [-0.2, 0) is 25.5 Å². The first-order valence-corrected chi connectivity index (χ1v) is 16.2. The number of aryl methyl sites for hydroxylation is 1. The minimum absolute atomic E-state index is 0.116. The number of carboxylic acids is 1. The number of ether oxygens (including phenoxy) is 1. The number of nitrogens with one attached hydrogen (secondary N) is 2. The van der Waals surface area contributed by atoms with Gasteiger partial charge in [0.25, 0.3) is 0 Å². The average molecular weight is 635 g/mol. The Morgan fingerprint density at radius 3 is 2.65 bits per heavy atom. The zero-order valence-corrected chi connectivity index (χ0v) is 27.5. The van der Waals surface area contributed by atoms with Crippen molar-refractivity contribution in [3.8, 4) is 0 Å². The SMILES string of the molecule is C=CCc1cc2nn([C@H]3C[C@H]4C(=O)N[C@]5(C(=O)O)C[C@H]5/C=C\CCCCC[C@H](NC(=O)OC(C)(C)C)C(=O)N4C3)nc2c(C)c1C. The smallest absolute Gasteiger partial charge is 0.408 e. The van der Waals surface area contributed by atoms with Crippen molar-refractivity contribution in [2.24, 2.45) is 5.92 Å². The normalized spacial score (nSPS) is 27.9. The number of hydrogen-bond donors (Lipinski definition) is 3. The highest BCUT2D eigenvalue weighted by molar-refractivity contribution is 5.96. The van der Waals surface area contributed by atoms with E-state index in [0.717, 1.165) is 41.5 Å². The summed E-state index contributed by atoms with van der Waals surface area (Å²) in [7, 11) is 0. The summed E-state index contributed by atoms with van der Waals surface area (Å²) in [6, 6.07) is -0.373. The van der Waals surface area contributed by atoms with Gasteiger partial charge in [-0.2, -0.15) is 15.0 Å². The Hall–Kier alpha value is -4.22. The van der Waals surface area contributed by atoms with E-state index >= 15 is 0 Å². The van der Waals surface area contributed by atoms with E-state index < -0.39 is 53.1 Å². The number of fused-ring (bicyclic) bond motifs is 3. The molecule has 3 aliphatic rings. The van der Waals surface area contributed by atoms with Crippen LogP contribution in [0.25, 0.3) is 11.0 Å². The van der Waals surface area contributed by atoms with E-state index in [-0.39, 0.29) is 25.3 Å². The van der Waals surface area contributed by atoms with Crippen molar-refractivity contribution >= 4 is 34.9 Å². The first-order chi connectivity index (χ1) is 21.7. The Bertz CT molecular complexity index is 1570. The number of nitrogens with zero attached hydrogens (tertiary/aromatic N) is 4. The van der Waals surface area contributed by atoms with E-state index in [1.165, 1.54) is 4.90 Å². The molecular weight excluding hydrogens is 588 g/mol. The highest BCUT2D eigenvalue weighted by Gasteiger charge is 2.61. The lowest BCUT2D eigenvalue weighted by Gasteiger charge is -2.30. The summed E-state index contributed by atoms with van der Waals surface area (Å²) in [6.45, 7) is 13.3. The van der Waals surface area contributed by atoms with Crippen LogP contribution < -0.4 is 10.6 Å². The number of hydrogen-bond acceptors (Lipinski definition) is 7. The molecule has 12 heteroatoms. The van der Waals surface area contributed by atoms with Gasteiger partial charge in [0.1, 0.15) is 34.3 Å². The van der Waals surface area contributed by atoms with Gasteiger partial charge in [0.15, 0.2) is 0 Å². The summed E-state index contributed by atoms with van der Waals surface area (Å²) in [4.78, 5) is 56.5. The minimum atomic E-state index is -1.41. The number of carbonyl (C=O) groups excluding carboxylic acids is 3. The van der Waals surface area contributed by atoms with Crippen molar-refractivity contribution in [1.29, 1.82) is 0 Å². The predicted octanol–water partition coefficient (Wildman–Crippen LogP) is 4.29. The Morgan fingerprint density at radius 2 is 1.96 bits per heavy atom. The summed E-state index contributed by atoms with van der Waals surface area (Å²) in [6.07, 6.45) is 9.62. The topological polar surface area (TPSA) is 156 Å². The lowest BCUT2D eigenvalue weighted by molar-refractivity contribution is -0.145. The summed E-state index contributed by atoms with van der Waals surface area (Å²) in [5, 5.41) is 25.3. The number of carboxylic acid groups (broad SMARTS) is 1. The largest absolute Gasteiger partial charge is 0.479 e. The Labute approximate surface area is 269 Å². The van der Waals surface area contributed by atoms with Crippen molar-refractivity contribution in [2.45, 2.75) is 115 Å². The molecule has 0 unspecified atom stereocenters. The summed E-state index contributed by atoms with van der Waals surface area (Å²) >= 11 is 0. The van der Waals surface area contributed by atoms with Gasteiger partial charge in [0, 0.05) is 18.9 Å². The van der Waals surface area contributed by atoms with E-state index in [4.69, 9.17) is 14.9 Å². The van der Waals surface area contributed by atoms with Crippen LogP contribution >= 0.6 is 0 Å². The number of allylic oxidation sites excluding steroid dienone is 2. The van der Waals surface area contributed by atoms with Crippen LogP contribution in [0, 0.1) is 19.8 Å². The van der Waals surface area contributed by atoms with Gasteiger partial charge in [-0.1, -0.05) is 31.1 Å². The second kappa shape index (κ2) is 12.9. The molecule has 1 aromatic heterocycles. The number of carbonyl (C=O) groups is 4. The van der Waals surface area contributed by atoms with Gasteiger partial charge in [-0.15, -0.1) is 6.58 Å². The predicted molar refractivity (Wildman–Crippen MR) is 172 cm³/mol. The van der Waals surface area contributed by atoms with Crippen molar-refractivity contribution in [1.82, 2.24) is 30.5 Å². The number of aliphatic carboxylic acids is 1. The molecule has 0 spiro atoms. The Kier molecular flexibility index (Phi) is 9.28. The number of amides is 3. The van der Waals surface area contributed by atoms with Crippen molar-refractivity contribution in [3.63, 3.8) is 0 Å². The maximum absolute atomic E-state index is 14.3. The molecule has 2 aliphatic heterocycles. The fourth-order valence-corrected chi connectivity index (χ4v) is 6.62. The molecule has 1 aromatic carbocycles. The monoisotopic (exact) mass is 634 g/mol. The molecule has 3 heterocycles. The summed E-state index contributed by atoms with van der Waals surface area (Å²) < 4.78 is 5.47. The first-order valence-electron chi connectivity index (χ1n) is 16.2. The fourth-order valence-electron chi connectivity index (χ4n) is 6.62. The molecule has 0 bridgehead atoms. The second-order valence-corrected chi connectivity index (χ2v) is 13.9. The molecule has 5 rings (SSSR count). The summed E-state index contributed by atoms with van der Waals surface area (Å²) in [5.74, 6) is -2.39. The molecule has 1 saturated heterocycles. The van der Waals surface area contributed by atoms with Gasteiger partial charge in [-0.05, 0) is 89.5 Å². The quantitative estimate of drug-likeness (QED) is 0.412. The zero-order chi connectivity index (χ0) is 33.4. The standard InChI is InChI=1S/C34H46N6O6/c1-7-13-22-16-26-28(21(3)20(22)2)38-40(37-26)24-17-27-29(41)36-34(31(43)44)18-23(34)14-11-9-8-10-12-15-25(30(42)39(27)19-24)35-32(45)46-33(4,5)6/h7,11,14,16,23-25,27H,1,8-10,12-13,15,17-19H2,2-6H3,(H,35,45)(H,36,41)(H,43,44)/b14-11-/t23-,24+,25+,27+,34-/m1/s1. The van der Waals surface area contributed by atoms with Crippen molar-refractivity contribution in [3.05, 3.63) is 47.6 Å². The Morgan fingerprint density at radius 1 is 1.20 bits per heavy atom. The third-order valence-corrected chi connectivity index (χ3v) is 9.38. The Balaban J connectivity index is 1.49. The molecular formula is C34H46N6O6. The molecule has 46 heavy (non-hydrogen) atoms. The van der Waals surface area contributed by atoms with Gasteiger partial charge in [-0.25, -0.2) is 9.59 Å². The first kappa shape index (κ1) is 33.2. The van der Waals surface area contributed by atoms with Gasteiger partial charge >= 0.3 is 12.1 Å². The molecule has 2 aromatic rings. The number of aromatic nitrogens is 3. The number of alkyl carbamates (subject to hydrolysis) is 1. The maximum Gasteiger partial charge on any atom is 0.408 e. The van der Waals surface area contributed by atoms with Gasteiger partial charge in [0.05, 0.1) is 6.04 Å². The van der Waals surface area contributed by atoms with Crippen LogP contribution in [0.3, 0.4) is 0 Å². The van der Waals surface area contributed by atoms with Crippen LogP contribution in [0.1, 0.15) is 88.4 Å². The van der Waals surface area contributed by atoms with Crippen LogP contribution in [0.2, 0.25) is 0 Å². The molecule has 3 amide bonds. The molecule has 0 radical (unpaired) electrons. The van der Waals surface area contributed by atoms with Crippen LogP contribution in [0.5, 0.6) is 0 Å². The maximum atomic E-state index is 14.3. The molecule has 5 atom stereocenters. The number of rotatable bonds is 5. The van der Waals surface area contributed by atoms with Gasteiger partial charge in [-0.3, -0.25) is 9.59 Å². The molecule has 3 N–H and O–H groups in total. The van der Waals surface area contributed by atoms with Gasteiger partial charge in [0.2, 0.25) is 11.8 Å². The summed E-state index contributed by atoms with van der Waals surface area (Å²) in [5.41, 5.74) is 2.49. The van der Waals surface area contributed by atoms with E-state index in [1.54, 1.807) is 25.6 Å². The van der Waals surface area contributed by atoms with Gasteiger partial charge < -0.3 is 25.4 Å². The van der Waals surface area contributed by atoms with Crippen LogP contribution in [-0.4, -0.2) is 78.6 Å². The van der Waals surface area contributed by atoms with Crippen LogP contribution in [0.15, 0.2) is 30.9 Å². The molecule has 248 valence electrons. The highest BCUT2D eigenvalue weighted by Crippen LogP contribution is 2.45. The molecule has 1 saturated carbocycles. The molecule has 1 aliphatic carbocycles. The lowest BCUT2D eigenvalue weighted by Crippen LogP contribution is -2.56. The highest BCUT2D eigenvalue weighted by atomic mass is 16.6. The second-order valence-electron chi connectivity index (χ2n) is 13.9. The van der Waals surface area contributed by atoms with Crippen LogP contribution in [0.4, 0.5) is 4.79 Å². The average Bonchev–Trinajstić information content (AvgIpc) is 3.28. The molecule has 12 nitrogen and oxygen atoms in total. The van der Waals surface area contributed by atoms with E-state index in [1.807, 2.05) is 38.1 Å². The third kappa shape index (κ3) is 6.80. The van der Waals surface area contributed by atoms with Crippen molar-refractivity contribution in [2.75, 3.05) is 6.54 Å². The van der Waals surface area contributed by atoms with E-state index in [9.17, 15) is 24.3 Å². The zero-order valence-electron chi connectivity index (χ0n) is 27.5.